The van der Waals surface area contributed by atoms with E-state index >= 15 is 0 Å². The highest BCUT2D eigenvalue weighted by atomic mass is 32.2. The van der Waals surface area contributed by atoms with Crippen LogP contribution >= 0.6 is 11.8 Å². The largest absolute Gasteiger partial charge is 0.439 e. The normalized spacial score (nSPS) is 10.1. The number of benzene rings is 1. The molecule has 2 aromatic rings. The standard InChI is InChI=1S/C11H11N3OS/c1-16-9-4-2-8(3-5-9)15-11-6-10(12)13-7-14-11/h2-7H,1H3,(H2,12,13,14). The molecular weight excluding hydrogens is 222 g/mol. The van der Waals surface area contributed by atoms with Gasteiger partial charge in [-0.1, -0.05) is 0 Å². The van der Waals surface area contributed by atoms with Gasteiger partial charge in [0.15, 0.2) is 0 Å². The molecule has 1 heterocycles. The summed E-state index contributed by atoms with van der Waals surface area (Å²) in [5.41, 5.74) is 5.52. The number of ether oxygens (including phenoxy) is 1. The molecule has 0 amide bonds. The molecule has 0 radical (unpaired) electrons. The van der Waals surface area contributed by atoms with Gasteiger partial charge in [-0.15, -0.1) is 11.8 Å². The van der Waals surface area contributed by atoms with Crippen LogP contribution in [-0.2, 0) is 0 Å². The van der Waals surface area contributed by atoms with Gasteiger partial charge in [-0.2, -0.15) is 0 Å². The summed E-state index contributed by atoms with van der Waals surface area (Å²) < 4.78 is 5.52. The van der Waals surface area contributed by atoms with Crippen LogP contribution in [0.4, 0.5) is 5.82 Å². The lowest BCUT2D eigenvalue weighted by atomic mass is 10.3. The van der Waals surface area contributed by atoms with E-state index in [0.29, 0.717) is 11.7 Å². The molecule has 0 saturated carbocycles. The summed E-state index contributed by atoms with van der Waals surface area (Å²) in [6.45, 7) is 0. The zero-order chi connectivity index (χ0) is 11.4. The molecule has 2 rings (SSSR count). The molecule has 0 bridgehead atoms. The van der Waals surface area contributed by atoms with E-state index in [2.05, 4.69) is 9.97 Å². The second-order valence-electron chi connectivity index (χ2n) is 3.06. The van der Waals surface area contributed by atoms with Crippen molar-refractivity contribution in [1.29, 1.82) is 0 Å². The Balaban J connectivity index is 2.14. The van der Waals surface area contributed by atoms with Gasteiger partial charge >= 0.3 is 0 Å². The predicted octanol–water partition coefficient (Wildman–Crippen LogP) is 2.57. The first-order valence-electron chi connectivity index (χ1n) is 4.67. The number of nitrogens with zero attached hydrogens (tertiary/aromatic N) is 2. The van der Waals surface area contributed by atoms with E-state index in [9.17, 15) is 0 Å². The van der Waals surface area contributed by atoms with Crippen molar-refractivity contribution in [3.8, 4) is 11.6 Å². The molecule has 1 aromatic heterocycles. The van der Waals surface area contributed by atoms with Gasteiger partial charge < -0.3 is 10.5 Å². The summed E-state index contributed by atoms with van der Waals surface area (Å²) in [7, 11) is 0. The Kier molecular flexibility index (Phi) is 3.26. The molecule has 0 aliphatic carbocycles. The molecule has 0 aliphatic rings. The van der Waals surface area contributed by atoms with Gasteiger partial charge in [0.25, 0.3) is 0 Å². The predicted molar refractivity (Wildman–Crippen MR) is 64.7 cm³/mol. The van der Waals surface area contributed by atoms with E-state index in [1.54, 1.807) is 17.8 Å². The average molecular weight is 233 g/mol. The van der Waals surface area contributed by atoms with Gasteiger partial charge in [0, 0.05) is 11.0 Å². The summed E-state index contributed by atoms with van der Waals surface area (Å²) >= 11 is 1.69. The van der Waals surface area contributed by atoms with Gasteiger partial charge in [0.05, 0.1) is 0 Å². The lowest BCUT2D eigenvalue weighted by Crippen LogP contribution is -1.93. The van der Waals surface area contributed by atoms with Crippen LogP contribution in [0.5, 0.6) is 11.6 Å². The van der Waals surface area contributed by atoms with Crippen LogP contribution in [0, 0.1) is 0 Å². The molecule has 0 saturated heterocycles. The Hall–Kier alpha value is -1.75. The summed E-state index contributed by atoms with van der Waals surface area (Å²) in [5, 5.41) is 0. The molecule has 82 valence electrons. The highest BCUT2D eigenvalue weighted by Gasteiger charge is 1.99. The van der Waals surface area contributed by atoms with Crippen molar-refractivity contribution in [2.45, 2.75) is 4.90 Å². The van der Waals surface area contributed by atoms with Crippen LogP contribution in [0.1, 0.15) is 0 Å². The van der Waals surface area contributed by atoms with E-state index in [0.717, 1.165) is 5.75 Å². The topological polar surface area (TPSA) is 61.0 Å². The number of anilines is 1. The van der Waals surface area contributed by atoms with Crippen LogP contribution in [-0.4, -0.2) is 16.2 Å². The number of hydrogen-bond acceptors (Lipinski definition) is 5. The number of rotatable bonds is 3. The van der Waals surface area contributed by atoms with Gasteiger partial charge in [0.1, 0.15) is 17.9 Å². The molecule has 0 atom stereocenters. The third-order valence-electron chi connectivity index (χ3n) is 1.94. The summed E-state index contributed by atoms with van der Waals surface area (Å²) in [5.74, 6) is 1.58. The molecule has 5 heteroatoms. The minimum atomic E-state index is 0.394. The minimum absolute atomic E-state index is 0.394. The van der Waals surface area contributed by atoms with Crippen molar-refractivity contribution in [2.75, 3.05) is 12.0 Å². The van der Waals surface area contributed by atoms with Crippen LogP contribution in [0.15, 0.2) is 41.6 Å². The fourth-order valence-corrected chi connectivity index (χ4v) is 1.58. The number of hydrogen-bond donors (Lipinski definition) is 1. The number of nitrogen functional groups attached to an aromatic ring is 1. The first-order valence-corrected chi connectivity index (χ1v) is 5.90. The zero-order valence-electron chi connectivity index (χ0n) is 8.75. The number of nitrogens with two attached hydrogens (primary N) is 1. The van der Waals surface area contributed by atoms with Crippen LogP contribution in [0.25, 0.3) is 0 Å². The number of thioether (sulfide) groups is 1. The van der Waals surface area contributed by atoms with Gasteiger partial charge in [-0.05, 0) is 30.5 Å². The fraction of sp³-hybridized carbons (Fsp3) is 0.0909. The van der Waals surface area contributed by atoms with Gasteiger partial charge in [-0.25, -0.2) is 9.97 Å². The van der Waals surface area contributed by atoms with E-state index < -0.39 is 0 Å². The monoisotopic (exact) mass is 233 g/mol. The highest BCUT2D eigenvalue weighted by Crippen LogP contribution is 2.23. The third-order valence-corrected chi connectivity index (χ3v) is 2.69. The lowest BCUT2D eigenvalue weighted by Gasteiger charge is -2.04. The van der Waals surface area contributed by atoms with Crippen LogP contribution < -0.4 is 10.5 Å². The average Bonchev–Trinajstić information content (AvgIpc) is 2.30. The Bertz CT molecular complexity index is 473. The molecule has 2 N–H and O–H groups in total. The Labute approximate surface area is 97.9 Å². The first-order chi connectivity index (χ1) is 7.78. The van der Waals surface area contributed by atoms with Crippen LogP contribution in [0.2, 0.25) is 0 Å². The SMILES string of the molecule is CSc1ccc(Oc2cc(N)ncn2)cc1. The molecule has 0 aliphatic heterocycles. The molecule has 0 unspecified atom stereocenters. The zero-order valence-corrected chi connectivity index (χ0v) is 9.57. The summed E-state index contributed by atoms with van der Waals surface area (Å²) in [4.78, 5) is 8.94. The lowest BCUT2D eigenvalue weighted by molar-refractivity contribution is 0.461. The van der Waals surface area contributed by atoms with E-state index in [1.807, 2.05) is 30.5 Å². The van der Waals surface area contributed by atoms with Crippen molar-refractivity contribution in [2.24, 2.45) is 0 Å². The van der Waals surface area contributed by atoms with Crippen molar-refractivity contribution in [3.63, 3.8) is 0 Å². The number of aromatic nitrogens is 2. The Morgan fingerprint density at radius 1 is 1.19 bits per heavy atom. The van der Waals surface area contributed by atoms with Crippen molar-refractivity contribution in [1.82, 2.24) is 9.97 Å². The third kappa shape index (κ3) is 2.64. The maximum Gasteiger partial charge on any atom is 0.224 e. The highest BCUT2D eigenvalue weighted by molar-refractivity contribution is 7.98. The smallest absolute Gasteiger partial charge is 0.224 e. The van der Waals surface area contributed by atoms with E-state index in [4.69, 9.17) is 10.5 Å². The first kappa shape index (κ1) is 10.8. The van der Waals surface area contributed by atoms with Gasteiger partial charge in [-0.3, -0.25) is 0 Å². The Morgan fingerprint density at radius 2 is 1.94 bits per heavy atom. The second-order valence-corrected chi connectivity index (χ2v) is 3.94. The fourth-order valence-electron chi connectivity index (χ4n) is 1.17. The molecule has 4 nitrogen and oxygen atoms in total. The second kappa shape index (κ2) is 4.85. The minimum Gasteiger partial charge on any atom is -0.439 e. The molecule has 1 aromatic carbocycles. The molecule has 0 fully saturated rings. The molecular formula is C11H11N3OS. The van der Waals surface area contributed by atoms with Crippen molar-refractivity contribution < 1.29 is 4.74 Å². The maximum absolute atomic E-state index is 5.52. The quantitative estimate of drug-likeness (QED) is 0.825. The summed E-state index contributed by atoms with van der Waals surface area (Å²) in [6.07, 6.45) is 3.40. The molecule has 0 spiro atoms. The van der Waals surface area contributed by atoms with Crippen molar-refractivity contribution >= 4 is 17.6 Å². The summed E-state index contributed by atoms with van der Waals surface area (Å²) in [6, 6.07) is 9.35. The Morgan fingerprint density at radius 3 is 2.56 bits per heavy atom. The van der Waals surface area contributed by atoms with E-state index in [-0.39, 0.29) is 0 Å². The van der Waals surface area contributed by atoms with Crippen molar-refractivity contribution in [3.05, 3.63) is 36.7 Å². The molecule has 16 heavy (non-hydrogen) atoms. The maximum atomic E-state index is 5.52. The van der Waals surface area contributed by atoms with E-state index in [1.165, 1.54) is 11.2 Å². The van der Waals surface area contributed by atoms with Crippen LogP contribution in [0.3, 0.4) is 0 Å². The van der Waals surface area contributed by atoms with Gasteiger partial charge in [0.2, 0.25) is 5.88 Å².